The van der Waals surface area contributed by atoms with Crippen molar-refractivity contribution in [3.8, 4) is 0 Å². The second-order valence-electron chi connectivity index (χ2n) is 4.53. The molecule has 0 spiro atoms. The normalized spacial score (nSPS) is 24.7. The van der Waals surface area contributed by atoms with E-state index in [9.17, 15) is 0 Å². The summed E-state index contributed by atoms with van der Waals surface area (Å²) in [6, 6.07) is 0.665. The van der Waals surface area contributed by atoms with Gasteiger partial charge in [0.2, 0.25) is 0 Å². The van der Waals surface area contributed by atoms with E-state index in [4.69, 9.17) is 0 Å². The maximum absolute atomic E-state index is 4.19. The standard InChI is InChI=1S/C10H17N3/c1-10(2)4-9(10)13-7-12-6-8(13)5-11-3/h6-7,9,11H,4-5H2,1-3H3. The lowest BCUT2D eigenvalue weighted by Crippen LogP contribution is -2.11. The molecule has 1 aliphatic rings. The molecule has 0 bridgehead atoms. The second kappa shape index (κ2) is 2.84. The van der Waals surface area contributed by atoms with E-state index in [-0.39, 0.29) is 0 Å². The Hall–Kier alpha value is -0.830. The highest BCUT2D eigenvalue weighted by atomic mass is 15.1. The maximum atomic E-state index is 4.19. The predicted octanol–water partition coefficient (Wildman–Crippen LogP) is 1.57. The fraction of sp³-hybridized carbons (Fsp3) is 0.700. The minimum atomic E-state index is 0.475. The lowest BCUT2D eigenvalue weighted by Gasteiger charge is -2.09. The number of nitrogens with one attached hydrogen (secondary N) is 1. The van der Waals surface area contributed by atoms with Gasteiger partial charge in [0, 0.05) is 18.8 Å². The molecule has 1 aliphatic carbocycles. The van der Waals surface area contributed by atoms with E-state index in [1.54, 1.807) is 0 Å². The van der Waals surface area contributed by atoms with Crippen molar-refractivity contribution in [1.82, 2.24) is 14.9 Å². The summed E-state index contributed by atoms with van der Waals surface area (Å²) in [6.07, 6.45) is 5.18. The third-order valence-corrected chi connectivity index (χ3v) is 2.90. The summed E-state index contributed by atoms with van der Waals surface area (Å²) in [6.45, 7) is 5.52. The Morgan fingerprint density at radius 2 is 2.38 bits per heavy atom. The zero-order valence-corrected chi connectivity index (χ0v) is 8.54. The summed E-state index contributed by atoms with van der Waals surface area (Å²) < 4.78 is 2.30. The van der Waals surface area contributed by atoms with Crippen molar-refractivity contribution in [3.05, 3.63) is 18.2 Å². The van der Waals surface area contributed by atoms with E-state index < -0.39 is 0 Å². The minimum Gasteiger partial charge on any atom is -0.330 e. The average Bonchev–Trinajstić information content (AvgIpc) is 2.52. The Balaban J connectivity index is 2.17. The van der Waals surface area contributed by atoms with Crippen LogP contribution in [0.5, 0.6) is 0 Å². The van der Waals surface area contributed by atoms with Crippen LogP contribution in [0.3, 0.4) is 0 Å². The number of hydrogen-bond acceptors (Lipinski definition) is 2. The molecule has 1 N–H and O–H groups in total. The van der Waals surface area contributed by atoms with Crippen LogP contribution in [0.1, 0.15) is 32.0 Å². The van der Waals surface area contributed by atoms with Crippen LogP contribution in [-0.2, 0) is 6.54 Å². The van der Waals surface area contributed by atoms with Crippen molar-refractivity contribution >= 4 is 0 Å². The molecule has 1 heterocycles. The van der Waals surface area contributed by atoms with Gasteiger partial charge in [0.15, 0.2) is 0 Å². The Morgan fingerprint density at radius 1 is 1.69 bits per heavy atom. The maximum Gasteiger partial charge on any atom is 0.0951 e. The molecule has 3 nitrogen and oxygen atoms in total. The van der Waals surface area contributed by atoms with Crippen molar-refractivity contribution in [2.24, 2.45) is 5.41 Å². The highest BCUT2D eigenvalue weighted by molar-refractivity contribution is 5.09. The summed E-state index contributed by atoms with van der Waals surface area (Å²) in [5, 5.41) is 3.16. The van der Waals surface area contributed by atoms with Gasteiger partial charge in [-0.05, 0) is 18.9 Å². The van der Waals surface area contributed by atoms with Gasteiger partial charge in [-0.3, -0.25) is 0 Å². The Kier molecular flexibility index (Phi) is 1.91. The molecule has 1 saturated carbocycles. The van der Waals surface area contributed by atoms with Crippen LogP contribution in [0.4, 0.5) is 0 Å². The first-order valence-corrected chi connectivity index (χ1v) is 4.80. The quantitative estimate of drug-likeness (QED) is 0.763. The van der Waals surface area contributed by atoms with Gasteiger partial charge in [0.05, 0.1) is 12.0 Å². The average molecular weight is 179 g/mol. The van der Waals surface area contributed by atoms with Gasteiger partial charge in [-0.2, -0.15) is 0 Å². The summed E-state index contributed by atoms with van der Waals surface area (Å²) in [5.41, 5.74) is 1.77. The molecule has 0 radical (unpaired) electrons. The summed E-state index contributed by atoms with van der Waals surface area (Å²) >= 11 is 0. The van der Waals surface area contributed by atoms with E-state index in [2.05, 4.69) is 28.7 Å². The minimum absolute atomic E-state index is 0.475. The lowest BCUT2D eigenvalue weighted by molar-refractivity contribution is 0.524. The third kappa shape index (κ3) is 1.48. The summed E-state index contributed by atoms with van der Waals surface area (Å²) in [5.74, 6) is 0. The Bertz CT molecular complexity index is 301. The van der Waals surface area contributed by atoms with Crippen LogP contribution < -0.4 is 5.32 Å². The van der Waals surface area contributed by atoms with Gasteiger partial charge < -0.3 is 9.88 Å². The molecule has 72 valence electrons. The fourth-order valence-corrected chi connectivity index (χ4v) is 1.84. The van der Waals surface area contributed by atoms with Gasteiger partial charge in [0.1, 0.15) is 0 Å². The number of nitrogens with zero attached hydrogens (tertiary/aromatic N) is 2. The van der Waals surface area contributed by atoms with E-state index >= 15 is 0 Å². The highest BCUT2D eigenvalue weighted by Gasteiger charge is 2.47. The van der Waals surface area contributed by atoms with Gasteiger partial charge in [-0.25, -0.2) is 4.98 Å². The van der Waals surface area contributed by atoms with Crippen LogP contribution in [-0.4, -0.2) is 16.6 Å². The third-order valence-electron chi connectivity index (χ3n) is 2.90. The number of rotatable bonds is 3. The van der Waals surface area contributed by atoms with Crippen LogP contribution in [0.2, 0.25) is 0 Å². The molecule has 1 aromatic rings. The molecule has 0 aromatic carbocycles. The van der Waals surface area contributed by atoms with E-state index in [0.29, 0.717) is 11.5 Å². The van der Waals surface area contributed by atoms with Crippen LogP contribution in [0, 0.1) is 5.41 Å². The van der Waals surface area contributed by atoms with E-state index in [1.165, 1.54) is 12.1 Å². The van der Waals surface area contributed by atoms with Gasteiger partial charge in [-0.15, -0.1) is 0 Å². The zero-order valence-electron chi connectivity index (χ0n) is 8.54. The molecule has 1 unspecified atom stereocenters. The first kappa shape index (κ1) is 8.75. The molecule has 3 heteroatoms. The lowest BCUT2D eigenvalue weighted by atomic mass is 10.2. The van der Waals surface area contributed by atoms with Crippen molar-refractivity contribution in [1.29, 1.82) is 0 Å². The van der Waals surface area contributed by atoms with E-state index in [0.717, 1.165) is 6.54 Å². The first-order chi connectivity index (χ1) is 6.15. The molecular weight excluding hydrogens is 162 g/mol. The van der Waals surface area contributed by atoms with Crippen molar-refractivity contribution in [2.45, 2.75) is 32.9 Å². The van der Waals surface area contributed by atoms with E-state index in [1.807, 2.05) is 19.6 Å². The van der Waals surface area contributed by atoms with Crippen LogP contribution in [0.15, 0.2) is 12.5 Å². The predicted molar refractivity (Wildman–Crippen MR) is 52.4 cm³/mol. The Labute approximate surface area is 79.2 Å². The first-order valence-electron chi connectivity index (χ1n) is 4.80. The summed E-state index contributed by atoms with van der Waals surface area (Å²) in [4.78, 5) is 4.19. The fourth-order valence-electron chi connectivity index (χ4n) is 1.84. The van der Waals surface area contributed by atoms with Gasteiger partial charge in [0.25, 0.3) is 0 Å². The number of imidazole rings is 1. The molecule has 0 saturated heterocycles. The van der Waals surface area contributed by atoms with Crippen molar-refractivity contribution in [3.63, 3.8) is 0 Å². The molecule has 13 heavy (non-hydrogen) atoms. The largest absolute Gasteiger partial charge is 0.330 e. The monoisotopic (exact) mass is 179 g/mol. The number of aromatic nitrogens is 2. The smallest absolute Gasteiger partial charge is 0.0951 e. The van der Waals surface area contributed by atoms with Gasteiger partial charge in [-0.1, -0.05) is 13.8 Å². The van der Waals surface area contributed by atoms with Crippen LogP contribution >= 0.6 is 0 Å². The molecule has 0 amide bonds. The molecule has 0 aliphatic heterocycles. The molecule has 2 rings (SSSR count). The second-order valence-corrected chi connectivity index (χ2v) is 4.53. The van der Waals surface area contributed by atoms with Gasteiger partial charge >= 0.3 is 0 Å². The zero-order chi connectivity index (χ0) is 9.47. The molecule has 1 aromatic heterocycles. The number of hydrogen-bond donors (Lipinski definition) is 1. The molecular formula is C10H17N3. The molecule has 1 atom stereocenters. The van der Waals surface area contributed by atoms with Crippen LogP contribution in [0.25, 0.3) is 0 Å². The van der Waals surface area contributed by atoms with Crippen molar-refractivity contribution < 1.29 is 0 Å². The topological polar surface area (TPSA) is 29.9 Å². The highest BCUT2D eigenvalue weighted by Crippen LogP contribution is 2.55. The summed E-state index contributed by atoms with van der Waals surface area (Å²) in [7, 11) is 1.97. The molecule has 1 fully saturated rings. The Morgan fingerprint density at radius 3 is 2.92 bits per heavy atom. The SMILES string of the molecule is CNCc1cncn1C1CC1(C)C. The van der Waals surface area contributed by atoms with Crippen molar-refractivity contribution in [2.75, 3.05) is 7.05 Å².